The number of carbonyl (C=O) groups excluding carboxylic acids is 2. The van der Waals surface area contributed by atoms with Crippen molar-refractivity contribution in [1.29, 1.82) is 0 Å². The van der Waals surface area contributed by atoms with Crippen molar-refractivity contribution >= 4 is 11.9 Å². The maximum absolute atomic E-state index is 13.8. The smallest absolute Gasteiger partial charge is 0.312 e. The van der Waals surface area contributed by atoms with Gasteiger partial charge < -0.3 is 20.8 Å². The Morgan fingerprint density at radius 1 is 1.23 bits per heavy atom. The summed E-state index contributed by atoms with van der Waals surface area (Å²) >= 11 is 0. The Balaban J connectivity index is 2.01. The number of hydrogen-bond acceptors (Lipinski definition) is 3. The van der Waals surface area contributed by atoms with E-state index in [2.05, 4.69) is 10.6 Å². The van der Waals surface area contributed by atoms with E-state index < -0.39 is 17.9 Å². The molecule has 0 radical (unpaired) electrons. The van der Waals surface area contributed by atoms with E-state index in [-0.39, 0.29) is 24.4 Å². The van der Waals surface area contributed by atoms with Crippen molar-refractivity contribution in [3.63, 3.8) is 0 Å². The zero-order valence-electron chi connectivity index (χ0n) is 11.7. The predicted octanol–water partition coefficient (Wildman–Crippen LogP) is 1.83. The van der Waals surface area contributed by atoms with Crippen LogP contribution in [0.15, 0.2) is 47.1 Å². The second kappa shape index (κ2) is 7.26. The average Bonchev–Trinajstić information content (AvgIpc) is 2.98. The summed E-state index contributed by atoms with van der Waals surface area (Å²) in [5.74, 6) is -0.280. The van der Waals surface area contributed by atoms with Crippen molar-refractivity contribution in [3.05, 3.63) is 59.8 Å². The molecule has 0 spiro atoms. The molecule has 6 nitrogen and oxygen atoms in total. The first-order valence-electron chi connectivity index (χ1n) is 6.65. The Kier molecular flexibility index (Phi) is 5.13. The maximum Gasteiger partial charge on any atom is 0.312 e. The number of carbonyl (C=O) groups is 2. The van der Waals surface area contributed by atoms with Gasteiger partial charge in [0.05, 0.1) is 25.3 Å². The van der Waals surface area contributed by atoms with Gasteiger partial charge >= 0.3 is 6.03 Å². The lowest BCUT2D eigenvalue weighted by Gasteiger charge is -2.18. The Hall–Kier alpha value is -2.83. The normalized spacial score (nSPS) is 11.7. The second-order valence-electron chi connectivity index (χ2n) is 4.64. The van der Waals surface area contributed by atoms with E-state index in [9.17, 15) is 14.0 Å². The van der Waals surface area contributed by atoms with Gasteiger partial charge in [0.2, 0.25) is 5.91 Å². The van der Waals surface area contributed by atoms with E-state index in [1.54, 1.807) is 18.2 Å². The van der Waals surface area contributed by atoms with Crippen LogP contribution in [-0.2, 0) is 11.3 Å². The third kappa shape index (κ3) is 4.34. The number of rotatable bonds is 6. The van der Waals surface area contributed by atoms with Crippen LogP contribution in [0, 0.1) is 5.82 Å². The van der Waals surface area contributed by atoms with Crippen LogP contribution in [0.25, 0.3) is 0 Å². The maximum atomic E-state index is 13.8. The first-order valence-corrected chi connectivity index (χ1v) is 6.65. The molecule has 0 saturated heterocycles. The fraction of sp³-hybridized carbons (Fsp3) is 0.200. The van der Waals surface area contributed by atoms with Crippen LogP contribution >= 0.6 is 0 Å². The first kappa shape index (κ1) is 15.6. The molecule has 2 aromatic rings. The molecule has 7 heteroatoms. The van der Waals surface area contributed by atoms with Crippen molar-refractivity contribution in [2.24, 2.45) is 5.73 Å². The third-order valence-electron chi connectivity index (χ3n) is 3.03. The lowest BCUT2D eigenvalue weighted by molar-refractivity contribution is -0.121. The largest absolute Gasteiger partial charge is 0.467 e. The number of hydrogen-bond donors (Lipinski definition) is 3. The second-order valence-corrected chi connectivity index (χ2v) is 4.64. The molecule has 116 valence electrons. The molecule has 3 amide bonds. The van der Waals surface area contributed by atoms with Gasteiger partial charge in [-0.3, -0.25) is 4.79 Å². The van der Waals surface area contributed by atoms with Crippen LogP contribution in [0.5, 0.6) is 0 Å². The molecule has 0 aliphatic rings. The molecule has 0 bridgehead atoms. The van der Waals surface area contributed by atoms with Crippen LogP contribution in [0.3, 0.4) is 0 Å². The van der Waals surface area contributed by atoms with E-state index in [1.165, 1.54) is 24.5 Å². The lowest BCUT2D eigenvalue weighted by atomic mass is 10.0. The number of nitrogens with one attached hydrogen (secondary N) is 2. The molecule has 1 heterocycles. The van der Waals surface area contributed by atoms with Gasteiger partial charge in [0.25, 0.3) is 0 Å². The van der Waals surface area contributed by atoms with E-state index in [1.807, 2.05) is 0 Å². The van der Waals surface area contributed by atoms with Gasteiger partial charge in [-0.25, -0.2) is 9.18 Å². The number of amides is 3. The van der Waals surface area contributed by atoms with Gasteiger partial charge in [0.15, 0.2) is 0 Å². The summed E-state index contributed by atoms with van der Waals surface area (Å²) in [6.07, 6.45) is 1.36. The average molecular weight is 305 g/mol. The Morgan fingerprint density at radius 2 is 2.00 bits per heavy atom. The van der Waals surface area contributed by atoms with Crippen LogP contribution in [0.1, 0.15) is 23.8 Å². The summed E-state index contributed by atoms with van der Waals surface area (Å²) in [6, 6.07) is 7.66. The molecular weight excluding hydrogens is 289 g/mol. The minimum atomic E-state index is -0.838. The molecule has 0 aliphatic carbocycles. The fourth-order valence-electron chi connectivity index (χ4n) is 2.02. The molecule has 0 saturated carbocycles. The van der Waals surface area contributed by atoms with E-state index >= 15 is 0 Å². The summed E-state index contributed by atoms with van der Waals surface area (Å²) in [5.41, 5.74) is 5.29. The summed E-state index contributed by atoms with van der Waals surface area (Å²) in [6.45, 7) is 0.215. The van der Waals surface area contributed by atoms with Crippen molar-refractivity contribution < 1.29 is 18.4 Å². The molecule has 1 atom stereocenters. The van der Waals surface area contributed by atoms with Crippen molar-refractivity contribution in [2.75, 3.05) is 0 Å². The highest BCUT2D eigenvalue weighted by Gasteiger charge is 2.20. The highest BCUT2D eigenvalue weighted by Crippen LogP contribution is 2.20. The van der Waals surface area contributed by atoms with E-state index in [0.717, 1.165) is 0 Å². The zero-order valence-corrected chi connectivity index (χ0v) is 11.7. The highest BCUT2D eigenvalue weighted by atomic mass is 19.1. The van der Waals surface area contributed by atoms with Crippen molar-refractivity contribution in [2.45, 2.75) is 19.0 Å². The highest BCUT2D eigenvalue weighted by molar-refractivity contribution is 5.78. The Morgan fingerprint density at radius 3 is 2.64 bits per heavy atom. The van der Waals surface area contributed by atoms with Gasteiger partial charge in [0, 0.05) is 5.56 Å². The molecule has 0 unspecified atom stereocenters. The number of primary amides is 1. The molecular formula is C15H16FN3O3. The molecule has 0 fully saturated rings. The third-order valence-corrected chi connectivity index (χ3v) is 3.03. The molecule has 2 rings (SSSR count). The Labute approximate surface area is 126 Å². The lowest BCUT2D eigenvalue weighted by Crippen LogP contribution is -2.37. The number of benzene rings is 1. The SMILES string of the molecule is NC(=O)N[C@H](CC(=O)NCc1ccco1)c1ccccc1F. The molecule has 22 heavy (non-hydrogen) atoms. The number of furan rings is 1. The molecule has 1 aromatic carbocycles. The summed E-state index contributed by atoms with van der Waals surface area (Å²) in [4.78, 5) is 23.0. The van der Waals surface area contributed by atoms with Crippen LogP contribution in [-0.4, -0.2) is 11.9 Å². The minimum Gasteiger partial charge on any atom is -0.467 e. The van der Waals surface area contributed by atoms with Gasteiger partial charge in [-0.1, -0.05) is 18.2 Å². The van der Waals surface area contributed by atoms with Gasteiger partial charge in [-0.05, 0) is 18.2 Å². The van der Waals surface area contributed by atoms with Crippen LogP contribution < -0.4 is 16.4 Å². The van der Waals surface area contributed by atoms with Gasteiger partial charge in [-0.2, -0.15) is 0 Å². The first-order chi connectivity index (χ1) is 10.6. The summed E-state index contributed by atoms with van der Waals surface area (Å²) in [5, 5.41) is 5.01. The number of nitrogens with two attached hydrogens (primary N) is 1. The predicted molar refractivity (Wildman–Crippen MR) is 77.0 cm³/mol. The standard InChI is InChI=1S/C15H16FN3O3/c16-12-6-2-1-5-11(12)13(19-15(17)21)8-14(20)18-9-10-4-3-7-22-10/h1-7,13H,8-9H2,(H,18,20)(H3,17,19,21)/t13-/m1/s1. The summed E-state index contributed by atoms with van der Waals surface area (Å²) < 4.78 is 18.9. The molecule has 4 N–H and O–H groups in total. The summed E-state index contributed by atoms with van der Waals surface area (Å²) in [7, 11) is 0. The quantitative estimate of drug-likeness (QED) is 0.759. The molecule has 1 aromatic heterocycles. The number of urea groups is 1. The van der Waals surface area contributed by atoms with Crippen LogP contribution in [0.4, 0.5) is 9.18 Å². The van der Waals surface area contributed by atoms with E-state index in [4.69, 9.17) is 10.2 Å². The molecule has 0 aliphatic heterocycles. The van der Waals surface area contributed by atoms with Gasteiger partial charge in [-0.15, -0.1) is 0 Å². The van der Waals surface area contributed by atoms with E-state index in [0.29, 0.717) is 5.76 Å². The van der Waals surface area contributed by atoms with Crippen molar-refractivity contribution in [1.82, 2.24) is 10.6 Å². The van der Waals surface area contributed by atoms with Crippen molar-refractivity contribution in [3.8, 4) is 0 Å². The van der Waals surface area contributed by atoms with Gasteiger partial charge in [0.1, 0.15) is 11.6 Å². The number of halogens is 1. The topological polar surface area (TPSA) is 97.4 Å². The zero-order chi connectivity index (χ0) is 15.9. The fourth-order valence-corrected chi connectivity index (χ4v) is 2.02. The Bertz CT molecular complexity index is 643. The minimum absolute atomic E-state index is 0.134. The monoisotopic (exact) mass is 305 g/mol. The van der Waals surface area contributed by atoms with Crippen LogP contribution in [0.2, 0.25) is 0 Å².